The van der Waals surface area contributed by atoms with E-state index in [-0.39, 0.29) is 6.04 Å². The second kappa shape index (κ2) is 9.24. The van der Waals surface area contributed by atoms with Crippen molar-refractivity contribution in [3.63, 3.8) is 0 Å². The molecule has 2 heterocycles. The van der Waals surface area contributed by atoms with Crippen LogP contribution in [0.4, 0.5) is 5.69 Å². The Kier molecular flexibility index (Phi) is 6.26. The molecule has 5 nitrogen and oxygen atoms in total. The Morgan fingerprint density at radius 1 is 1.03 bits per heavy atom. The summed E-state index contributed by atoms with van der Waals surface area (Å²) in [6.45, 7) is 2.16. The summed E-state index contributed by atoms with van der Waals surface area (Å²) in [5.74, 6) is -1.14. The van der Waals surface area contributed by atoms with Gasteiger partial charge in [0, 0.05) is 37.2 Å². The van der Waals surface area contributed by atoms with Crippen molar-refractivity contribution >= 4 is 28.8 Å². The van der Waals surface area contributed by atoms with Crippen molar-refractivity contribution in [2.75, 3.05) is 25.0 Å². The summed E-state index contributed by atoms with van der Waals surface area (Å²) in [5.41, 5.74) is 3.42. The summed E-state index contributed by atoms with van der Waals surface area (Å²) < 4.78 is 0. The number of hydrogen-bond acceptors (Lipinski definition) is 4. The Balaban J connectivity index is 1.44. The molecular weight excluding hydrogens is 394 g/mol. The van der Waals surface area contributed by atoms with E-state index < -0.39 is 11.8 Å². The molecule has 1 aromatic heterocycles. The van der Waals surface area contributed by atoms with Gasteiger partial charge in [-0.3, -0.25) is 14.5 Å². The van der Waals surface area contributed by atoms with Crippen molar-refractivity contribution in [3.8, 4) is 0 Å². The number of fused-ring (bicyclic) bond motifs is 1. The third-order valence-corrected chi connectivity index (χ3v) is 6.54. The number of para-hydroxylation sites is 1. The highest BCUT2D eigenvalue weighted by molar-refractivity contribution is 7.10. The van der Waals surface area contributed by atoms with Crippen LogP contribution in [-0.2, 0) is 22.6 Å². The minimum absolute atomic E-state index is 0.0390. The van der Waals surface area contributed by atoms with Crippen LogP contribution >= 0.6 is 11.3 Å². The summed E-state index contributed by atoms with van der Waals surface area (Å²) in [5, 5.41) is 4.93. The van der Waals surface area contributed by atoms with Gasteiger partial charge < -0.3 is 10.2 Å². The monoisotopic (exact) mass is 419 g/mol. The summed E-state index contributed by atoms with van der Waals surface area (Å²) in [7, 11) is 1.62. The highest BCUT2D eigenvalue weighted by Crippen LogP contribution is 2.30. The summed E-state index contributed by atoms with van der Waals surface area (Å²) in [6, 6.07) is 21.9. The Morgan fingerprint density at radius 2 is 1.77 bits per heavy atom. The predicted octanol–water partition coefficient (Wildman–Crippen LogP) is 3.63. The van der Waals surface area contributed by atoms with Crippen LogP contribution in [0.25, 0.3) is 0 Å². The molecule has 0 fully saturated rings. The Bertz CT molecular complexity index is 1000. The number of hydrogen-bond donors (Lipinski definition) is 1. The first-order chi connectivity index (χ1) is 14.6. The number of rotatable bonds is 5. The normalized spacial score (nSPS) is 14.6. The van der Waals surface area contributed by atoms with Crippen LogP contribution < -0.4 is 10.2 Å². The predicted molar refractivity (Wildman–Crippen MR) is 120 cm³/mol. The Labute approximate surface area is 180 Å². The molecule has 1 aliphatic rings. The number of thiophene rings is 1. The number of nitrogens with one attached hydrogen (secondary N) is 1. The van der Waals surface area contributed by atoms with Crippen LogP contribution in [0.3, 0.4) is 0 Å². The van der Waals surface area contributed by atoms with Crippen molar-refractivity contribution < 1.29 is 9.59 Å². The maximum absolute atomic E-state index is 12.6. The standard InChI is InChI=1S/C24H25N3O2S/c1-26(20-10-3-2-4-11-20)24(29)23(28)25-16-21(22-12-7-15-30-22)27-14-13-18-8-5-6-9-19(18)17-27/h2-12,15,21H,13-14,16-17H2,1H3,(H,25,28)/t21-/m0/s1. The molecule has 1 atom stereocenters. The van der Waals surface area contributed by atoms with Gasteiger partial charge >= 0.3 is 11.8 Å². The Hall–Kier alpha value is -2.96. The molecule has 3 aromatic rings. The van der Waals surface area contributed by atoms with Crippen molar-refractivity contribution in [2.24, 2.45) is 0 Å². The molecule has 0 aliphatic carbocycles. The lowest BCUT2D eigenvalue weighted by Crippen LogP contribution is -2.45. The molecule has 0 bridgehead atoms. The van der Waals surface area contributed by atoms with Gasteiger partial charge in [-0.05, 0) is 41.1 Å². The van der Waals surface area contributed by atoms with Crippen molar-refractivity contribution in [1.82, 2.24) is 10.2 Å². The van der Waals surface area contributed by atoms with Crippen molar-refractivity contribution in [3.05, 3.63) is 88.1 Å². The van der Waals surface area contributed by atoms with Gasteiger partial charge in [-0.15, -0.1) is 11.3 Å². The van der Waals surface area contributed by atoms with E-state index in [1.54, 1.807) is 18.4 Å². The highest BCUT2D eigenvalue weighted by atomic mass is 32.1. The number of nitrogens with zero attached hydrogens (tertiary/aromatic N) is 2. The molecule has 0 radical (unpaired) electrons. The molecule has 0 saturated heterocycles. The van der Waals surface area contributed by atoms with Crippen LogP contribution in [0.1, 0.15) is 22.0 Å². The molecule has 0 unspecified atom stereocenters. The number of amides is 2. The minimum atomic E-state index is -0.583. The molecule has 0 saturated carbocycles. The van der Waals surface area contributed by atoms with Gasteiger partial charge in [0.25, 0.3) is 0 Å². The number of carbonyl (C=O) groups excluding carboxylic acids is 2. The second-order valence-electron chi connectivity index (χ2n) is 7.43. The fraction of sp³-hybridized carbons (Fsp3) is 0.250. The molecule has 4 rings (SSSR count). The molecule has 1 N–H and O–H groups in total. The van der Waals surface area contributed by atoms with E-state index in [0.717, 1.165) is 19.5 Å². The molecule has 154 valence electrons. The molecule has 2 aromatic carbocycles. The molecule has 0 spiro atoms. The maximum atomic E-state index is 12.6. The first-order valence-electron chi connectivity index (χ1n) is 10.1. The molecule has 30 heavy (non-hydrogen) atoms. The van der Waals surface area contributed by atoms with E-state index in [1.165, 1.54) is 20.9 Å². The fourth-order valence-corrected chi connectivity index (χ4v) is 4.72. The molecular formula is C24H25N3O2S. The van der Waals surface area contributed by atoms with E-state index in [0.29, 0.717) is 12.2 Å². The lowest BCUT2D eigenvalue weighted by atomic mass is 9.98. The average molecular weight is 420 g/mol. The van der Waals surface area contributed by atoms with Crippen LogP contribution in [0, 0.1) is 0 Å². The van der Waals surface area contributed by atoms with Crippen molar-refractivity contribution in [1.29, 1.82) is 0 Å². The quantitative estimate of drug-likeness (QED) is 0.643. The minimum Gasteiger partial charge on any atom is -0.346 e. The van der Waals surface area contributed by atoms with E-state index >= 15 is 0 Å². The van der Waals surface area contributed by atoms with Gasteiger partial charge in [-0.2, -0.15) is 0 Å². The third kappa shape index (κ3) is 4.45. The van der Waals surface area contributed by atoms with E-state index in [1.807, 2.05) is 36.4 Å². The number of anilines is 1. The zero-order chi connectivity index (χ0) is 20.9. The topological polar surface area (TPSA) is 52.7 Å². The highest BCUT2D eigenvalue weighted by Gasteiger charge is 2.27. The largest absolute Gasteiger partial charge is 0.346 e. The van der Waals surface area contributed by atoms with E-state index in [4.69, 9.17) is 0 Å². The Morgan fingerprint density at radius 3 is 2.50 bits per heavy atom. The van der Waals surface area contributed by atoms with Gasteiger partial charge in [-0.1, -0.05) is 48.5 Å². The third-order valence-electron chi connectivity index (χ3n) is 5.57. The number of likely N-dealkylation sites (N-methyl/N-ethyl adjacent to an activating group) is 1. The first-order valence-corrected chi connectivity index (χ1v) is 11.0. The lowest BCUT2D eigenvalue weighted by molar-refractivity contribution is -0.137. The fourth-order valence-electron chi connectivity index (χ4n) is 3.86. The van der Waals surface area contributed by atoms with E-state index in [9.17, 15) is 9.59 Å². The molecule has 6 heteroatoms. The van der Waals surface area contributed by atoms with Crippen LogP contribution in [-0.4, -0.2) is 36.9 Å². The number of benzene rings is 2. The van der Waals surface area contributed by atoms with Gasteiger partial charge in [0.15, 0.2) is 0 Å². The second-order valence-corrected chi connectivity index (χ2v) is 8.41. The summed E-state index contributed by atoms with van der Waals surface area (Å²) >= 11 is 1.68. The van der Waals surface area contributed by atoms with Crippen LogP contribution in [0.2, 0.25) is 0 Å². The lowest BCUT2D eigenvalue weighted by Gasteiger charge is -2.35. The zero-order valence-electron chi connectivity index (χ0n) is 17.0. The summed E-state index contributed by atoms with van der Waals surface area (Å²) in [6.07, 6.45) is 0.988. The smallest absolute Gasteiger partial charge is 0.316 e. The SMILES string of the molecule is CN(C(=O)C(=O)NC[C@@H](c1cccs1)N1CCc2ccccc2C1)c1ccccc1. The van der Waals surface area contributed by atoms with Crippen molar-refractivity contribution in [2.45, 2.75) is 19.0 Å². The van der Waals surface area contributed by atoms with Gasteiger partial charge in [0.2, 0.25) is 0 Å². The molecule has 1 aliphatic heterocycles. The maximum Gasteiger partial charge on any atom is 0.316 e. The first kappa shape index (κ1) is 20.3. The number of carbonyl (C=O) groups is 2. The van der Waals surface area contributed by atoms with Gasteiger partial charge in [0.1, 0.15) is 0 Å². The zero-order valence-corrected chi connectivity index (χ0v) is 17.8. The average Bonchev–Trinajstić information content (AvgIpc) is 3.33. The van der Waals surface area contributed by atoms with E-state index in [2.05, 4.69) is 45.9 Å². The molecule has 2 amide bonds. The summed E-state index contributed by atoms with van der Waals surface area (Å²) in [4.78, 5) is 30.1. The van der Waals surface area contributed by atoms with Gasteiger partial charge in [-0.25, -0.2) is 0 Å². The van der Waals surface area contributed by atoms with Crippen LogP contribution in [0.15, 0.2) is 72.1 Å². The van der Waals surface area contributed by atoms with Gasteiger partial charge in [0.05, 0.1) is 6.04 Å². The van der Waals surface area contributed by atoms with Crippen LogP contribution in [0.5, 0.6) is 0 Å².